The fraction of sp³-hybridized carbons (Fsp3) is 0.517. The number of pyridine rings is 1. The van der Waals surface area contributed by atoms with Crippen LogP contribution in [-0.2, 0) is 16.1 Å². The molecular formula is C29H41N5O2. The normalized spacial score (nSPS) is 18.9. The molecule has 1 unspecified atom stereocenters. The van der Waals surface area contributed by atoms with Gasteiger partial charge in [-0.1, -0.05) is 26.0 Å². The van der Waals surface area contributed by atoms with Crippen LogP contribution in [0.15, 0.2) is 42.6 Å². The second-order valence-corrected chi connectivity index (χ2v) is 9.73. The number of likely N-dealkylation sites (tertiary alicyclic amines) is 1. The summed E-state index contributed by atoms with van der Waals surface area (Å²) >= 11 is 0. The van der Waals surface area contributed by atoms with E-state index in [2.05, 4.69) is 63.9 Å². The van der Waals surface area contributed by atoms with Crippen LogP contribution in [-0.4, -0.2) is 77.7 Å². The Kier molecular flexibility index (Phi) is 8.64. The van der Waals surface area contributed by atoms with Crippen LogP contribution < -0.4 is 4.90 Å². The summed E-state index contributed by atoms with van der Waals surface area (Å²) < 4.78 is 5.00. The number of nitrogens with zero attached hydrogens (tertiary/aromatic N) is 4. The zero-order valence-corrected chi connectivity index (χ0v) is 22.5. The number of ether oxygens (including phenoxy) is 1. The lowest BCUT2D eigenvalue weighted by molar-refractivity contribution is -0.146. The second-order valence-electron chi connectivity index (χ2n) is 9.73. The van der Waals surface area contributed by atoms with Gasteiger partial charge >= 0.3 is 5.97 Å². The number of aromatic amines is 1. The Morgan fingerprint density at radius 3 is 2.47 bits per heavy atom. The van der Waals surface area contributed by atoms with E-state index in [1.54, 1.807) is 0 Å². The number of hydrogen-bond acceptors (Lipinski definition) is 6. The van der Waals surface area contributed by atoms with Crippen molar-refractivity contribution in [1.29, 1.82) is 0 Å². The number of piperazine rings is 1. The molecule has 1 N–H and O–H groups in total. The molecule has 2 fully saturated rings. The number of carbonyl (C=O) groups is 1. The van der Waals surface area contributed by atoms with Crippen molar-refractivity contribution in [1.82, 2.24) is 19.8 Å². The van der Waals surface area contributed by atoms with Crippen LogP contribution in [0.4, 0.5) is 5.69 Å². The Balaban J connectivity index is 0.00000148. The minimum absolute atomic E-state index is 0.137. The molecule has 7 heteroatoms. The number of rotatable bonds is 6. The third kappa shape index (κ3) is 5.57. The number of methoxy groups -OCH3 is 1. The summed E-state index contributed by atoms with van der Waals surface area (Å²) in [7, 11) is 1.47. The van der Waals surface area contributed by atoms with Gasteiger partial charge in [0.25, 0.3) is 0 Å². The monoisotopic (exact) mass is 491 g/mol. The molecule has 194 valence electrons. The van der Waals surface area contributed by atoms with Crippen molar-refractivity contribution in [3.05, 3.63) is 48.3 Å². The average molecular weight is 492 g/mol. The Bertz CT molecular complexity index is 1130. The summed E-state index contributed by atoms with van der Waals surface area (Å²) in [6.07, 6.45) is 3.74. The highest BCUT2D eigenvalue weighted by Gasteiger charge is 2.31. The standard InChI is InChI=1S/C27H35N5O2.C2H6/c1-19(2)30-13-15-31(16-14-30)22-8-6-20(7-9-22)26-23-17-21(29-24(23)10-11-28-26)18-32-12-4-5-25(32)27(33)34-3;1-2/h6-11,17,19,25,29H,4-5,12-16,18H2,1-3H3;1-2H3. The molecule has 1 atom stereocenters. The van der Waals surface area contributed by atoms with Gasteiger partial charge in [-0.25, -0.2) is 0 Å². The minimum Gasteiger partial charge on any atom is -0.468 e. The van der Waals surface area contributed by atoms with E-state index in [4.69, 9.17) is 9.72 Å². The third-order valence-electron chi connectivity index (χ3n) is 7.36. The molecule has 0 saturated carbocycles. The van der Waals surface area contributed by atoms with Crippen molar-refractivity contribution in [3.63, 3.8) is 0 Å². The van der Waals surface area contributed by atoms with Crippen molar-refractivity contribution in [2.24, 2.45) is 0 Å². The van der Waals surface area contributed by atoms with Crippen molar-refractivity contribution >= 4 is 22.6 Å². The number of fused-ring (bicyclic) bond motifs is 1. The van der Waals surface area contributed by atoms with E-state index in [0.29, 0.717) is 12.6 Å². The van der Waals surface area contributed by atoms with E-state index < -0.39 is 0 Å². The Morgan fingerprint density at radius 1 is 1.08 bits per heavy atom. The fourth-order valence-corrected chi connectivity index (χ4v) is 5.39. The first kappa shape index (κ1) is 26.2. The van der Waals surface area contributed by atoms with E-state index in [1.807, 2.05) is 26.1 Å². The van der Waals surface area contributed by atoms with Gasteiger partial charge in [-0.05, 0) is 57.5 Å². The van der Waals surface area contributed by atoms with E-state index >= 15 is 0 Å². The number of hydrogen-bond donors (Lipinski definition) is 1. The third-order valence-corrected chi connectivity index (χ3v) is 7.36. The van der Waals surface area contributed by atoms with Gasteiger partial charge in [0.15, 0.2) is 0 Å². The molecule has 3 aromatic rings. The summed E-state index contributed by atoms with van der Waals surface area (Å²) in [5, 5.41) is 1.12. The molecule has 2 aliphatic heterocycles. The van der Waals surface area contributed by atoms with Crippen molar-refractivity contribution in [3.8, 4) is 11.3 Å². The van der Waals surface area contributed by atoms with E-state index in [-0.39, 0.29) is 12.0 Å². The van der Waals surface area contributed by atoms with E-state index in [9.17, 15) is 4.79 Å². The number of nitrogens with one attached hydrogen (secondary N) is 1. The van der Waals surface area contributed by atoms with Gasteiger partial charge in [-0.15, -0.1) is 0 Å². The van der Waals surface area contributed by atoms with Gasteiger partial charge < -0.3 is 14.6 Å². The quantitative estimate of drug-likeness (QED) is 0.494. The lowest BCUT2D eigenvalue weighted by atomic mass is 10.1. The number of carbonyl (C=O) groups excluding carboxylic acids is 1. The Morgan fingerprint density at radius 2 is 1.81 bits per heavy atom. The highest BCUT2D eigenvalue weighted by Crippen LogP contribution is 2.30. The summed E-state index contributed by atoms with van der Waals surface area (Å²) in [5.74, 6) is -0.137. The first-order valence-electron chi connectivity index (χ1n) is 13.4. The van der Waals surface area contributed by atoms with Crippen LogP contribution in [0.3, 0.4) is 0 Å². The average Bonchev–Trinajstić information content (AvgIpc) is 3.56. The molecule has 36 heavy (non-hydrogen) atoms. The van der Waals surface area contributed by atoms with Crippen molar-refractivity contribution in [2.75, 3.05) is 44.7 Å². The summed E-state index contributed by atoms with van der Waals surface area (Å²) in [6, 6.07) is 13.5. The van der Waals surface area contributed by atoms with Crippen LogP contribution in [0.5, 0.6) is 0 Å². The van der Waals surface area contributed by atoms with Crippen molar-refractivity contribution < 1.29 is 9.53 Å². The van der Waals surface area contributed by atoms with E-state index in [0.717, 1.165) is 73.4 Å². The van der Waals surface area contributed by atoms with Gasteiger partial charge in [-0.3, -0.25) is 19.6 Å². The molecule has 4 heterocycles. The first-order chi connectivity index (χ1) is 17.5. The predicted molar refractivity (Wildman–Crippen MR) is 147 cm³/mol. The van der Waals surface area contributed by atoms with Crippen molar-refractivity contribution in [2.45, 2.75) is 59.2 Å². The first-order valence-corrected chi connectivity index (χ1v) is 13.4. The molecular weight excluding hydrogens is 450 g/mol. The number of esters is 1. The molecule has 0 aliphatic carbocycles. The SMILES string of the molecule is CC.COC(=O)C1CCCN1Cc1cc2c(-c3ccc(N4CCN(C(C)C)CC4)cc3)nccc2[nH]1. The minimum atomic E-state index is -0.149. The molecule has 7 nitrogen and oxygen atoms in total. The number of anilines is 1. The molecule has 0 amide bonds. The molecule has 1 aromatic carbocycles. The van der Waals surface area contributed by atoms with Gasteiger partial charge in [0.05, 0.1) is 12.8 Å². The summed E-state index contributed by atoms with van der Waals surface area (Å²) in [5.41, 5.74) is 5.55. The fourth-order valence-electron chi connectivity index (χ4n) is 5.39. The van der Waals surface area contributed by atoms with Gasteiger partial charge in [0.1, 0.15) is 6.04 Å². The topological polar surface area (TPSA) is 64.7 Å². The van der Waals surface area contributed by atoms with Crippen LogP contribution in [0.2, 0.25) is 0 Å². The smallest absolute Gasteiger partial charge is 0.323 e. The summed E-state index contributed by atoms with van der Waals surface area (Å²) in [6.45, 7) is 14.5. The number of benzene rings is 1. The Hall–Kier alpha value is -2.90. The van der Waals surface area contributed by atoms with Crippen LogP contribution in [0.1, 0.15) is 46.2 Å². The highest BCUT2D eigenvalue weighted by molar-refractivity contribution is 5.93. The van der Waals surface area contributed by atoms with Crippen LogP contribution in [0, 0.1) is 0 Å². The molecule has 2 aromatic heterocycles. The van der Waals surface area contributed by atoms with Crippen LogP contribution >= 0.6 is 0 Å². The van der Waals surface area contributed by atoms with Gasteiger partial charge in [0, 0.05) is 72.8 Å². The maximum Gasteiger partial charge on any atom is 0.323 e. The molecule has 0 bridgehead atoms. The maximum atomic E-state index is 12.1. The second kappa shape index (κ2) is 11.9. The van der Waals surface area contributed by atoms with Gasteiger partial charge in [-0.2, -0.15) is 0 Å². The molecule has 0 radical (unpaired) electrons. The highest BCUT2D eigenvalue weighted by atomic mass is 16.5. The van der Waals surface area contributed by atoms with Crippen LogP contribution in [0.25, 0.3) is 22.2 Å². The zero-order chi connectivity index (χ0) is 25.7. The zero-order valence-electron chi connectivity index (χ0n) is 22.5. The van der Waals surface area contributed by atoms with Gasteiger partial charge in [0.2, 0.25) is 0 Å². The molecule has 2 aliphatic rings. The lowest BCUT2D eigenvalue weighted by Crippen LogP contribution is -2.48. The summed E-state index contributed by atoms with van der Waals surface area (Å²) in [4.78, 5) is 27.6. The largest absolute Gasteiger partial charge is 0.468 e. The molecule has 5 rings (SSSR count). The lowest BCUT2D eigenvalue weighted by Gasteiger charge is -2.38. The predicted octanol–water partition coefficient (Wildman–Crippen LogP) is 4.92. The molecule has 2 saturated heterocycles. The number of H-pyrrole nitrogens is 1. The molecule has 0 spiro atoms. The maximum absolute atomic E-state index is 12.1. The van der Waals surface area contributed by atoms with E-state index in [1.165, 1.54) is 12.8 Å². The number of aromatic nitrogens is 2. The Labute approximate surface area is 215 Å².